The number of carbonyl (C=O) groups is 1. The summed E-state index contributed by atoms with van der Waals surface area (Å²) in [6.45, 7) is 6.15. The lowest BCUT2D eigenvalue weighted by Gasteiger charge is -2.05. The summed E-state index contributed by atoms with van der Waals surface area (Å²) in [5.41, 5.74) is 1.96. The van der Waals surface area contributed by atoms with Gasteiger partial charge in [0.15, 0.2) is 0 Å². The Balaban J connectivity index is 1.97. The van der Waals surface area contributed by atoms with Crippen molar-refractivity contribution in [3.8, 4) is 0 Å². The minimum absolute atomic E-state index is 0.159. The Bertz CT molecular complexity index is 998. The molecule has 3 rings (SSSR count). The van der Waals surface area contributed by atoms with Crippen molar-refractivity contribution < 1.29 is 18.8 Å². The largest absolute Gasteiger partial charge is 0.459 e. The second-order valence-corrected chi connectivity index (χ2v) is 6.84. The van der Waals surface area contributed by atoms with Crippen LogP contribution in [0.2, 0.25) is 0 Å². The van der Waals surface area contributed by atoms with Crippen molar-refractivity contribution in [2.75, 3.05) is 20.3 Å². The molecule has 0 bridgehead atoms. The van der Waals surface area contributed by atoms with Gasteiger partial charge in [-0.1, -0.05) is 5.16 Å². The maximum Gasteiger partial charge on any atom is 0.348 e. The van der Waals surface area contributed by atoms with Gasteiger partial charge in [0.2, 0.25) is 0 Å². The zero-order valence-electron chi connectivity index (χ0n) is 15.0. The molecular weight excluding hydrogens is 358 g/mol. The highest BCUT2D eigenvalue weighted by Crippen LogP contribution is 2.27. The van der Waals surface area contributed by atoms with Gasteiger partial charge in [-0.2, -0.15) is 0 Å². The predicted molar refractivity (Wildman–Crippen MR) is 95.9 cm³/mol. The van der Waals surface area contributed by atoms with Crippen molar-refractivity contribution in [3.63, 3.8) is 0 Å². The Labute approximate surface area is 153 Å². The van der Waals surface area contributed by atoms with Gasteiger partial charge in [0.05, 0.1) is 30.6 Å². The normalized spacial score (nSPS) is 11.2. The van der Waals surface area contributed by atoms with Gasteiger partial charge < -0.3 is 14.0 Å². The number of fused-ring (bicyclic) bond motifs is 1. The van der Waals surface area contributed by atoms with Crippen LogP contribution in [-0.2, 0) is 16.0 Å². The highest BCUT2D eigenvalue weighted by atomic mass is 32.1. The highest BCUT2D eigenvalue weighted by molar-refractivity contribution is 7.20. The Morgan fingerprint density at radius 2 is 2.08 bits per heavy atom. The molecule has 0 saturated heterocycles. The van der Waals surface area contributed by atoms with Crippen molar-refractivity contribution in [3.05, 3.63) is 44.1 Å². The number of aromatic nitrogens is 3. The molecule has 0 atom stereocenters. The molecule has 0 amide bonds. The van der Waals surface area contributed by atoms with Crippen LogP contribution in [0.15, 0.2) is 15.6 Å². The van der Waals surface area contributed by atoms with Gasteiger partial charge in [0.25, 0.3) is 5.56 Å². The van der Waals surface area contributed by atoms with Crippen LogP contribution in [0.4, 0.5) is 0 Å². The third-order valence-corrected chi connectivity index (χ3v) is 5.31. The maximum absolute atomic E-state index is 12.9. The smallest absolute Gasteiger partial charge is 0.348 e. The molecule has 0 aliphatic rings. The average molecular weight is 377 g/mol. The Hall–Kier alpha value is -2.52. The molecule has 0 aromatic carbocycles. The van der Waals surface area contributed by atoms with Crippen molar-refractivity contribution in [1.29, 1.82) is 0 Å². The third kappa shape index (κ3) is 3.27. The molecule has 0 aliphatic heterocycles. The quantitative estimate of drug-likeness (QED) is 0.480. The number of esters is 1. The van der Waals surface area contributed by atoms with Gasteiger partial charge in [-0.3, -0.25) is 9.36 Å². The first-order chi connectivity index (χ1) is 12.4. The van der Waals surface area contributed by atoms with Crippen LogP contribution in [-0.4, -0.2) is 41.0 Å². The molecular formula is C17H19N3O5S. The fourth-order valence-corrected chi connectivity index (χ4v) is 3.68. The fourth-order valence-electron chi connectivity index (χ4n) is 2.65. The van der Waals surface area contributed by atoms with Gasteiger partial charge in [-0.25, -0.2) is 9.78 Å². The number of carbonyl (C=O) groups excluding carboxylic acids is 1. The molecule has 0 saturated carbocycles. The number of thiophene rings is 1. The van der Waals surface area contributed by atoms with E-state index in [-0.39, 0.29) is 12.2 Å². The second kappa shape index (κ2) is 7.38. The maximum atomic E-state index is 12.9. The van der Waals surface area contributed by atoms with Gasteiger partial charge in [-0.05, 0) is 26.3 Å². The van der Waals surface area contributed by atoms with Gasteiger partial charge in [0.1, 0.15) is 22.1 Å². The van der Waals surface area contributed by atoms with E-state index in [2.05, 4.69) is 10.1 Å². The van der Waals surface area contributed by atoms with Crippen molar-refractivity contribution >= 4 is 27.5 Å². The summed E-state index contributed by atoms with van der Waals surface area (Å²) in [6, 6.07) is 0. The number of rotatable bonds is 6. The molecule has 0 spiro atoms. The number of aryl methyl sites for hydroxylation is 3. The topological polar surface area (TPSA) is 96.5 Å². The zero-order valence-corrected chi connectivity index (χ0v) is 15.8. The summed E-state index contributed by atoms with van der Waals surface area (Å²) in [5.74, 6) is 0.193. The van der Waals surface area contributed by atoms with Crippen LogP contribution < -0.4 is 5.56 Å². The number of ether oxygens (including phenoxy) is 2. The van der Waals surface area contributed by atoms with E-state index in [1.54, 1.807) is 13.8 Å². The zero-order chi connectivity index (χ0) is 18.8. The van der Waals surface area contributed by atoms with E-state index < -0.39 is 5.97 Å². The Morgan fingerprint density at radius 1 is 1.31 bits per heavy atom. The summed E-state index contributed by atoms with van der Waals surface area (Å²) in [5, 5.41) is 4.34. The molecule has 0 unspecified atom stereocenters. The van der Waals surface area contributed by atoms with Crippen LogP contribution in [0, 0.1) is 20.8 Å². The molecule has 0 fully saturated rings. The lowest BCUT2D eigenvalue weighted by atomic mass is 10.2. The predicted octanol–water partition coefficient (Wildman–Crippen LogP) is 2.22. The minimum Gasteiger partial charge on any atom is -0.459 e. The molecule has 0 N–H and O–H groups in total. The first-order valence-electron chi connectivity index (χ1n) is 8.00. The summed E-state index contributed by atoms with van der Waals surface area (Å²) in [6.07, 6.45) is 1.48. The molecule has 26 heavy (non-hydrogen) atoms. The number of hydrogen-bond donors (Lipinski definition) is 0. The molecule has 3 heterocycles. The van der Waals surface area contributed by atoms with Crippen LogP contribution in [0.3, 0.4) is 0 Å². The van der Waals surface area contributed by atoms with Crippen LogP contribution >= 0.6 is 11.3 Å². The summed E-state index contributed by atoms with van der Waals surface area (Å²) in [4.78, 5) is 30.4. The third-order valence-electron chi connectivity index (χ3n) is 4.13. The van der Waals surface area contributed by atoms with E-state index in [1.807, 2.05) is 6.92 Å². The summed E-state index contributed by atoms with van der Waals surface area (Å²) < 4.78 is 16.7. The van der Waals surface area contributed by atoms with Crippen LogP contribution in [0.5, 0.6) is 0 Å². The molecule has 0 aliphatic carbocycles. The standard InChI is InChI=1S/C17H19N3O5S/c1-9-13-15(26-14(9)17(22)24-6-5-23-4)18-8-20(16(13)21)7-12-10(2)19-25-11(12)3/h8H,5-7H2,1-4H3. The SMILES string of the molecule is COCCOC(=O)c1sc2ncn(Cc3c(C)noc3C)c(=O)c2c1C. The van der Waals surface area contributed by atoms with E-state index in [1.165, 1.54) is 18.0 Å². The molecule has 138 valence electrons. The van der Waals surface area contributed by atoms with Crippen LogP contribution in [0.25, 0.3) is 10.2 Å². The Kier molecular flexibility index (Phi) is 5.19. The van der Waals surface area contributed by atoms with E-state index in [4.69, 9.17) is 14.0 Å². The fraction of sp³-hybridized carbons (Fsp3) is 0.412. The summed E-state index contributed by atoms with van der Waals surface area (Å²) in [7, 11) is 1.53. The second-order valence-electron chi connectivity index (χ2n) is 5.85. The summed E-state index contributed by atoms with van der Waals surface area (Å²) >= 11 is 1.16. The molecule has 3 aromatic rings. The number of hydrogen-bond acceptors (Lipinski definition) is 8. The van der Waals surface area contributed by atoms with Crippen molar-refractivity contribution in [2.24, 2.45) is 0 Å². The van der Waals surface area contributed by atoms with Crippen molar-refractivity contribution in [1.82, 2.24) is 14.7 Å². The molecule has 0 radical (unpaired) electrons. The van der Waals surface area contributed by atoms with E-state index in [9.17, 15) is 9.59 Å². The number of methoxy groups -OCH3 is 1. The Morgan fingerprint density at radius 3 is 2.73 bits per heavy atom. The van der Waals surface area contributed by atoms with Crippen LogP contribution in [0.1, 0.15) is 32.3 Å². The average Bonchev–Trinajstić information content (AvgIpc) is 3.11. The van der Waals surface area contributed by atoms with Gasteiger partial charge in [0, 0.05) is 12.7 Å². The van der Waals surface area contributed by atoms with Crippen molar-refractivity contribution in [2.45, 2.75) is 27.3 Å². The lowest BCUT2D eigenvalue weighted by molar-refractivity contribution is 0.0393. The van der Waals surface area contributed by atoms with E-state index >= 15 is 0 Å². The first kappa shape index (κ1) is 18.3. The van der Waals surface area contributed by atoms with E-state index in [0.29, 0.717) is 39.6 Å². The first-order valence-corrected chi connectivity index (χ1v) is 8.82. The van der Waals surface area contributed by atoms with Gasteiger partial charge >= 0.3 is 5.97 Å². The highest BCUT2D eigenvalue weighted by Gasteiger charge is 2.21. The monoisotopic (exact) mass is 377 g/mol. The van der Waals surface area contributed by atoms with Gasteiger partial charge in [-0.15, -0.1) is 11.3 Å². The molecule has 8 nitrogen and oxygen atoms in total. The number of nitrogens with zero attached hydrogens (tertiary/aromatic N) is 3. The minimum atomic E-state index is -0.473. The molecule has 9 heteroatoms. The lowest BCUT2D eigenvalue weighted by Crippen LogP contribution is -2.21. The molecule has 3 aromatic heterocycles. The van der Waals surface area contributed by atoms with E-state index in [0.717, 1.165) is 22.6 Å².